The van der Waals surface area contributed by atoms with E-state index in [-0.39, 0.29) is 11.5 Å². The van der Waals surface area contributed by atoms with Crippen molar-refractivity contribution in [1.82, 2.24) is 14.9 Å². The summed E-state index contributed by atoms with van der Waals surface area (Å²) in [5, 5.41) is 0. The lowest BCUT2D eigenvalue weighted by molar-refractivity contribution is 0.0518. The van der Waals surface area contributed by atoms with Gasteiger partial charge in [-0.25, -0.2) is 14.8 Å². The van der Waals surface area contributed by atoms with Gasteiger partial charge in [0, 0.05) is 0 Å². The minimum absolute atomic E-state index is 0.00974. The first-order valence-electron chi connectivity index (χ1n) is 5.77. The lowest BCUT2D eigenvalue weighted by atomic mass is 10.1. The Balaban J connectivity index is 2.26. The van der Waals surface area contributed by atoms with Crippen molar-refractivity contribution >= 4 is 5.97 Å². The molecule has 1 heterocycles. The van der Waals surface area contributed by atoms with Crippen molar-refractivity contribution in [2.45, 2.75) is 25.3 Å². The van der Waals surface area contributed by atoms with Crippen LogP contribution in [0.2, 0.25) is 0 Å². The smallest absolute Gasteiger partial charge is 0.357 e. The average Bonchev–Trinajstić information content (AvgIpc) is 3.11. The van der Waals surface area contributed by atoms with Crippen LogP contribution in [0.3, 0.4) is 0 Å². The highest BCUT2D eigenvalue weighted by Crippen LogP contribution is 2.48. The Labute approximate surface area is 101 Å². The predicted octanol–water partition coefficient (Wildman–Crippen LogP) is 1.20. The van der Waals surface area contributed by atoms with Crippen molar-refractivity contribution in [3.8, 4) is 0 Å². The first-order valence-corrected chi connectivity index (χ1v) is 5.77. The number of esters is 1. The van der Waals surface area contributed by atoms with Crippen molar-refractivity contribution < 1.29 is 9.53 Å². The molecular weight excluding hydrogens is 218 g/mol. The van der Waals surface area contributed by atoms with E-state index in [1.54, 1.807) is 13.0 Å². The Morgan fingerprint density at radius 3 is 2.71 bits per heavy atom. The van der Waals surface area contributed by atoms with Crippen LogP contribution in [0, 0.1) is 0 Å². The molecule has 2 rings (SSSR count). The number of carbonyl (C=O) groups is 1. The molecule has 1 aromatic rings. The summed E-state index contributed by atoms with van der Waals surface area (Å²) in [4.78, 5) is 22.0. The molecule has 5 nitrogen and oxygen atoms in total. The van der Waals surface area contributed by atoms with Gasteiger partial charge in [0.15, 0.2) is 5.69 Å². The Morgan fingerprint density at radius 2 is 2.18 bits per heavy atom. The molecule has 17 heavy (non-hydrogen) atoms. The summed E-state index contributed by atoms with van der Waals surface area (Å²) in [5.74, 6) is -0.384. The summed E-state index contributed by atoms with van der Waals surface area (Å²) in [7, 11) is 4.05. The SMILES string of the molecule is CCOC(=O)c1cc(C2(N(C)C)CC2)ncn1. The minimum Gasteiger partial charge on any atom is -0.461 e. The van der Waals surface area contributed by atoms with Crippen molar-refractivity contribution in [3.05, 3.63) is 23.8 Å². The number of hydrogen-bond donors (Lipinski definition) is 0. The number of ether oxygens (including phenoxy) is 1. The van der Waals surface area contributed by atoms with Gasteiger partial charge < -0.3 is 4.74 Å². The second-order valence-electron chi connectivity index (χ2n) is 4.43. The van der Waals surface area contributed by atoms with Gasteiger partial charge in [0.05, 0.1) is 17.8 Å². The van der Waals surface area contributed by atoms with Gasteiger partial charge in [0.2, 0.25) is 0 Å². The van der Waals surface area contributed by atoms with E-state index in [0.717, 1.165) is 18.5 Å². The molecule has 1 aromatic heterocycles. The van der Waals surface area contributed by atoms with Gasteiger partial charge in [0.25, 0.3) is 0 Å². The summed E-state index contributed by atoms with van der Waals surface area (Å²) in [6.45, 7) is 2.14. The van der Waals surface area contributed by atoms with E-state index < -0.39 is 0 Å². The van der Waals surface area contributed by atoms with E-state index in [1.165, 1.54) is 6.33 Å². The zero-order valence-corrected chi connectivity index (χ0v) is 10.4. The van der Waals surface area contributed by atoms with Crippen LogP contribution in [-0.2, 0) is 10.3 Å². The van der Waals surface area contributed by atoms with E-state index in [0.29, 0.717) is 12.3 Å². The number of rotatable bonds is 4. The van der Waals surface area contributed by atoms with E-state index in [2.05, 4.69) is 14.9 Å². The van der Waals surface area contributed by atoms with E-state index in [1.807, 2.05) is 14.1 Å². The van der Waals surface area contributed by atoms with Crippen molar-refractivity contribution in [2.24, 2.45) is 0 Å². The van der Waals surface area contributed by atoms with Gasteiger partial charge in [-0.1, -0.05) is 0 Å². The molecule has 0 unspecified atom stereocenters. The second kappa shape index (κ2) is 4.41. The maximum Gasteiger partial charge on any atom is 0.357 e. The normalized spacial score (nSPS) is 16.9. The minimum atomic E-state index is -0.384. The van der Waals surface area contributed by atoms with Crippen LogP contribution in [0.5, 0.6) is 0 Å². The molecule has 0 radical (unpaired) electrons. The molecule has 0 saturated heterocycles. The first kappa shape index (κ1) is 12.0. The number of aromatic nitrogens is 2. The van der Waals surface area contributed by atoms with Crippen LogP contribution in [0.1, 0.15) is 35.9 Å². The maximum atomic E-state index is 11.6. The van der Waals surface area contributed by atoms with Crippen LogP contribution in [-0.4, -0.2) is 41.5 Å². The second-order valence-corrected chi connectivity index (χ2v) is 4.43. The third-order valence-corrected chi connectivity index (χ3v) is 3.21. The van der Waals surface area contributed by atoms with Crippen LogP contribution >= 0.6 is 0 Å². The van der Waals surface area contributed by atoms with Crippen LogP contribution in [0.25, 0.3) is 0 Å². The summed E-state index contributed by atoms with van der Waals surface area (Å²) in [6, 6.07) is 1.74. The standard InChI is InChI=1S/C12H17N3O2/c1-4-17-11(16)9-7-10(14-8-13-9)12(5-6-12)15(2)3/h7-8H,4-6H2,1-3H3. The van der Waals surface area contributed by atoms with Crippen molar-refractivity contribution in [3.63, 3.8) is 0 Å². The Morgan fingerprint density at radius 1 is 1.47 bits per heavy atom. The molecule has 1 saturated carbocycles. The molecule has 0 amide bonds. The number of hydrogen-bond acceptors (Lipinski definition) is 5. The predicted molar refractivity (Wildman–Crippen MR) is 62.6 cm³/mol. The fourth-order valence-electron chi connectivity index (χ4n) is 1.98. The van der Waals surface area contributed by atoms with Gasteiger partial charge in [-0.05, 0) is 39.9 Å². The summed E-state index contributed by atoms with van der Waals surface area (Å²) in [6.07, 6.45) is 3.57. The molecule has 0 spiro atoms. The lowest BCUT2D eigenvalue weighted by Crippen LogP contribution is -2.29. The highest BCUT2D eigenvalue weighted by molar-refractivity contribution is 5.87. The summed E-state index contributed by atoms with van der Waals surface area (Å²) < 4.78 is 4.93. The Bertz CT molecular complexity index is 428. The molecule has 92 valence electrons. The zero-order valence-electron chi connectivity index (χ0n) is 10.4. The van der Waals surface area contributed by atoms with Gasteiger partial charge in [-0.15, -0.1) is 0 Å². The van der Waals surface area contributed by atoms with Crippen LogP contribution < -0.4 is 0 Å². The largest absolute Gasteiger partial charge is 0.461 e. The fourth-order valence-corrected chi connectivity index (χ4v) is 1.98. The lowest BCUT2D eigenvalue weighted by Gasteiger charge is -2.22. The molecule has 1 aliphatic carbocycles. The van der Waals surface area contributed by atoms with Crippen LogP contribution in [0.15, 0.2) is 12.4 Å². The maximum absolute atomic E-state index is 11.6. The zero-order chi connectivity index (χ0) is 12.5. The summed E-state index contributed by atoms with van der Waals surface area (Å²) >= 11 is 0. The first-order chi connectivity index (χ1) is 8.10. The molecular formula is C12H17N3O2. The van der Waals surface area contributed by atoms with Gasteiger partial charge in [-0.2, -0.15) is 0 Å². The van der Waals surface area contributed by atoms with Crippen molar-refractivity contribution in [2.75, 3.05) is 20.7 Å². The van der Waals surface area contributed by atoms with E-state index in [9.17, 15) is 4.79 Å². The van der Waals surface area contributed by atoms with Gasteiger partial charge in [0.1, 0.15) is 6.33 Å². The average molecular weight is 235 g/mol. The molecule has 1 fully saturated rings. The highest BCUT2D eigenvalue weighted by atomic mass is 16.5. The summed E-state index contributed by atoms with van der Waals surface area (Å²) in [5.41, 5.74) is 1.23. The molecule has 0 atom stereocenters. The third-order valence-electron chi connectivity index (χ3n) is 3.21. The fraction of sp³-hybridized carbons (Fsp3) is 0.583. The molecule has 0 aromatic carbocycles. The molecule has 0 bridgehead atoms. The molecule has 1 aliphatic rings. The van der Waals surface area contributed by atoms with Crippen molar-refractivity contribution in [1.29, 1.82) is 0 Å². The quantitative estimate of drug-likeness (QED) is 0.734. The number of carbonyl (C=O) groups excluding carboxylic acids is 1. The van der Waals surface area contributed by atoms with Gasteiger partial charge in [-0.3, -0.25) is 4.90 Å². The Kier molecular flexibility index (Phi) is 3.11. The number of nitrogens with zero attached hydrogens (tertiary/aromatic N) is 3. The van der Waals surface area contributed by atoms with E-state index in [4.69, 9.17) is 4.74 Å². The van der Waals surface area contributed by atoms with Crippen LogP contribution in [0.4, 0.5) is 0 Å². The third kappa shape index (κ3) is 2.15. The molecule has 0 aliphatic heterocycles. The monoisotopic (exact) mass is 235 g/mol. The molecule has 0 N–H and O–H groups in total. The van der Waals surface area contributed by atoms with E-state index >= 15 is 0 Å². The topological polar surface area (TPSA) is 55.3 Å². The highest BCUT2D eigenvalue weighted by Gasteiger charge is 2.48. The van der Waals surface area contributed by atoms with Gasteiger partial charge >= 0.3 is 5.97 Å². The Hall–Kier alpha value is -1.49. The molecule has 5 heteroatoms.